The fourth-order valence-corrected chi connectivity index (χ4v) is 10.1. The van der Waals surface area contributed by atoms with E-state index in [1.807, 2.05) is 42.7 Å². The molecule has 0 spiro atoms. The summed E-state index contributed by atoms with van der Waals surface area (Å²) < 4.78 is 27.5. The van der Waals surface area contributed by atoms with E-state index in [0.717, 1.165) is 99.2 Å². The first kappa shape index (κ1) is 53.0. The van der Waals surface area contributed by atoms with Gasteiger partial charge in [0.05, 0.1) is 57.3 Å². The highest BCUT2D eigenvalue weighted by molar-refractivity contribution is 6.49. The summed E-state index contributed by atoms with van der Waals surface area (Å²) >= 11 is 0. The van der Waals surface area contributed by atoms with Crippen molar-refractivity contribution in [3.63, 3.8) is 0 Å². The number of aromatic nitrogens is 2. The predicted octanol–water partition coefficient (Wildman–Crippen LogP) is 10.1. The normalized spacial score (nSPS) is 13.6. The van der Waals surface area contributed by atoms with Gasteiger partial charge in [0.25, 0.3) is 11.9 Å². The van der Waals surface area contributed by atoms with Gasteiger partial charge in [0.1, 0.15) is 11.5 Å². The molecule has 72 heavy (non-hydrogen) atoms. The molecule has 0 amide bonds. The number of nitrogens with two attached hydrogens (primary N) is 2. The van der Waals surface area contributed by atoms with Crippen molar-refractivity contribution >= 4 is 67.5 Å². The standard InChI is InChI=1S/C56H70N4O12/c1-35-47(57)45-39(28-27-37-49(63)52(66)55(56(67)68)72-53(37)45)59(35)29-21-15-11-7-3-5-9-13-17-23-31-69-41-25-19-20-26-42(41)70-32-24-18-14-10-6-4-8-12-16-22-30-60-36(2)48(58)46-40(60)33-38-44(51(65)50(38)64)54(46)71-34-43(61)62/h19-20,25-28,33,55H,3-18,21-24,29-32,34,57-58H2,1-2H3,(H,61,62)(H,67,68). The second kappa shape index (κ2) is 25.0. The number of Topliss-reactive ketones (excluding diaryl/α,β-unsaturated/α-hetero) is 2. The second-order valence-corrected chi connectivity index (χ2v) is 19.2. The van der Waals surface area contributed by atoms with E-state index in [4.69, 9.17) is 30.4 Å². The van der Waals surface area contributed by atoms with Crippen molar-refractivity contribution in [2.45, 2.75) is 161 Å². The largest absolute Gasteiger partial charge is 0.490 e. The van der Waals surface area contributed by atoms with Crippen molar-refractivity contribution in [3.8, 4) is 23.0 Å². The summed E-state index contributed by atoms with van der Waals surface area (Å²) in [5, 5.41) is 20.0. The fraction of sp³-hybridized carbons (Fsp3) is 0.500. The van der Waals surface area contributed by atoms with Crippen LogP contribution in [-0.2, 0) is 27.5 Å². The molecule has 7 rings (SSSR count). The van der Waals surface area contributed by atoms with E-state index in [9.17, 15) is 39.0 Å². The van der Waals surface area contributed by atoms with E-state index in [2.05, 4.69) is 4.57 Å². The van der Waals surface area contributed by atoms with Gasteiger partial charge in [-0.25, -0.2) is 9.59 Å². The average Bonchev–Trinajstić information content (AvgIpc) is 3.76. The molecular weight excluding hydrogens is 921 g/mol. The van der Waals surface area contributed by atoms with Crippen LogP contribution < -0.4 is 41.3 Å². The third-order valence-corrected chi connectivity index (χ3v) is 14.2. The lowest BCUT2D eigenvalue weighted by atomic mass is 9.97. The number of ether oxygens (including phenoxy) is 4. The molecule has 0 saturated carbocycles. The van der Waals surface area contributed by atoms with E-state index in [1.165, 1.54) is 70.3 Å². The Morgan fingerprint density at radius 3 is 1.56 bits per heavy atom. The number of carboxylic acids is 2. The molecule has 1 aliphatic heterocycles. The molecule has 1 aliphatic rings. The van der Waals surface area contributed by atoms with E-state index >= 15 is 0 Å². The van der Waals surface area contributed by atoms with Crippen LogP contribution in [0.5, 0.6) is 23.0 Å². The maximum absolute atomic E-state index is 12.6. The van der Waals surface area contributed by atoms with E-state index in [-0.39, 0.29) is 27.8 Å². The van der Waals surface area contributed by atoms with Gasteiger partial charge >= 0.3 is 11.9 Å². The minimum Gasteiger partial charge on any atom is -0.490 e. The molecule has 0 bridgehead atoms. The number of carbonyl (C=O) groups excluding carboxylic acids is 2. The highest BCUT2D eigenvalue weighted by atomic mass is 16.5. The lowest BCUT2D eigenvalue weighted by molar-refractivity contribution is -0.149. The molecule has 16 heteroatoms. The van der Waals surface area contributed by atoms with Gasteiger partial charge in [-0.2, -0.15) is 0 Å². The van der Waals surface area contributed by atoms with Crippen LogP contribution in [0.4, 0.5) is 11.4 Å². The van der Waals surface area contributed by atoms with Crippen molar-refractivity contribution in [3.05, 3.63) is 79.9 Å². The van der Waals surface area contributed by atoms with Gasteiger partial charge in [-0.3, -0.25) is 19.2 Å². The van der Waals surface area contributed by atoms with Gasteiger partial charge in [-0.05, 0) is 69.9 Å². The molecule has 1 atom stereocenters. The highest BCUT2D eigenvalue weighted by Gasteiger charge is 2.42. The molecule has 2 aromatic heterocycles. The Morgan fingerprint density at radius 2 is 1.06 bits per heavy atom. The Hall–Kier alpha value is -6.84. The number of rotatable bonds is 32. The molecule has 1 unspecified atom stereocenters. The number of para-hydroxylation sites is 2. The number of nitrogens with zero attached hydrogens (tertiary/aromatic N) is 2. The Kier molecular flexibility index (Phi) is 18.4. The lowest BCUT2D eigenvalue weighted by Gasteiger charge is -2.22. The number of aliphatic carboxylic acids is 2. The van der Waals surface area contributed by atoms with Gasteiger partial charge < -0.3 is 49.8 Å². The number of hydrogen-bond acceptors (Lipinski definition) is 12. The van der Waals surface area contributed by atoms with Crippen molar-refractivity contribution in [2.75, 3.05) is 31.3 Å². The average molecular weight is 991 g/mol. The molecule has 0 aliphatic carbocycles. The van der Waals surface area contributed by atoms with Crippen LogP contribution in [0.15, 0.2) is 52.1 Å². The number of ketones is 2. The third kappa shape index (κ3) is 12.1. The molecule has 3 heterocycles. The smallest absolute Gasteiger partial charge is 0.353 e. The van der Waals surface area contributed by atoms with Crippen LogP contribution in [0.3, 0.4) is 0 Å². The number of carbonyl (C=O) groups is 4. The number of unbranched alkanes of at least 4 members (excludes halogenated alkanes) is 18. The molecule has 6 N–H and O–H groups in total. The van der Waals surface area contributed by atoms with Crippen LogP contribution in [0.25, 0.3) is 32.6 Å². The number of benzene rings is 3. The van der Waals surface area contributed by atoms with Gasteiger partial charge in [0.2, 0.25) is 16.6 Å². The Morgan fingerprint density at radius 1 is 0.583 bits per heavy atom. The molecule has 386 valence electrons. The summed E-state index contributed by atoms with van der Waals surface area (Å²) in [6, 6.07) is 12.9. The number of anilines is 2. The molecule has 0 fully saturated rings. The topological polar surface area (TPSA) is 242 Å². The summed E-state index contributed by atoms with van der Waals surface area (Å²) in [5.74, 6) is -2.87. The first-order valence-electron chi connectivity index (χ1n) is 25.9. The minimum absolute atomic E-state index is 0.0474. The highest BCUT2D eigenvalue weighted by Crippen LogP contribution is 2.42. The van der Waals surface area contributed by atoms with E-state index in [0.29, 0.717) is 47.4 Å². The van der Waals surface area contributed by atoms with Crippen molar-refractivity contribution < 1.29 is 48.3 Å². The van der Waals surface area contributed by atoms with Crippen LogP contribution in [0, 0.1) is 13.8 Å². The number of fused-ring (bicyclic) bond motifs is 5. The first-order chi connectivity index (χ1) is 34.8. The summed E-state index contributed by atoms with van der Waals surface area (Å²) in [6.45, 7) is 5.91. The molecule has 0 saturated heterocycles. The second-order valence-electron chi connectivity index (χ2n) is 19.2. The van der Waals surface area contributed by atoms with Crippen LogP contribution in [0.2, 0.25) is 0 Å². The number of carboxylic acid groups (broad SMARTS) is 2. The molecule has 0 radical (unpaired) electrons. The first-order valence-corrected chi connectivity index (χ1v) is 25.9. The molecule has 4 aromatic carbocycles. The molecule has 6 aromatic rings. The lowest BCUT2D eigenvalue weighted by Crippen LogP contribution is -2.43. The molecule has 16 nitrogen and oxygen atoms in total. The van der Waals surface area contributed by atoms with E-state index < -0.39 is 47.1 Å². The molecular formula is C56H70N4O12. The maximum atomic E-state index is 12.6. The monoisotopic (exact) mass is 990 g/mol. The number of aryl methyl sites for hydroxylation is 2. The van der Waals surface area contributed by atoms with Crippen molar-refractivity contribution in [1.29, 1.82) is 0 Å². The Balaban J connectivity index is 0.682. The summed E-state index contributed by atoms with van der Waals surface area (Å²) in [4.78, 5) is 72.3. The summed E-state index contributed by atoms with van der Waals surface area (Å²) in [5.41, 5.74) is 15.6. The van der Waals surface area contributed by atoms with Gasteiger partial charge in [-0.1, -0.05) is 115 Å². The quantitative estimate of drug-likeness (QED) is 0.0175. The zero-order valence-corrected chi connectivity index (χ0v) is 41.8. The maximum Gasteiger partial charge on any atom is 0.353 e. The summed E-state index contributed by atoms with van der Waals surface area (Å²) in [7, 11) is 0. The van der Waals surface area contributed by atoms with Crippen LogP contribution >= 0.6 is 0 Å². The fourth-order valence-electron chi connectivity index (χ4n) is 10.1. The van der Waals surface area contributed by atoms with Gasteiger partial charge in [-0.15, -0.1) is 0 Å². The van der Waals surface area contributed by atoms with Crippen molar-refractivity contribution in [2.24, 2.45) is 0 Å². The minimum atomic E-state index is -1.87. The Labute approximate surface area is 419 Å². The zero-order valence-electron chi connectivity index (χ0n) is 41.8. The van der Waals surface area contributed by atoms with Gasteiger partial charge in [0, 0.05) is 29.9 Å². The third-order valence-electron chi connectivity index (χ3n) is 14.2. The number of hydrogen-bond donors (Lipinski definition) is 4. The van der Waals surface area contributed by atoms with Crippen LogP contribution in [0.1, 0.15) is 150 Å². The predicted molar refractivity (Wildman–Crippen MR) is 279 cm³/mol. The van der Waals surface area contributed by atoms with Crippen LogP contribution in [-0.4, -0.2) is 68.8 Å². The SMILES string of the molecule is Cc1c(N)c2c3c(ccc2n1CCCCCCCCCCCCOc1ccccc1OCCCCCCCCCCCCn1c(C)c(N)c2c(OCC(=O)O)c4c(=O)c(=O)c4cc21)C(=O)C(=O)C(C(=O)O)O3. The summed E-state index contributed by atoms with van der Waals surface area (Å²) in [6.07, 6.45) is 20.6. The zero-order chi connectivity index (χ0) is 51.3. The Bertz CT molecular complexity index is 2980. The van der Waals surface area contributed by atoms with Gasteiger partial charge in [0.15, 0.2) is 18.1 Å². The van der Waals surface area contributed by atoms with E-state index in [1.54, 1.807) is 12.1 Å². The van der Waals surface area contributed by atoms with Crippen molar-refractivity contribution in [1.82, 2.24) is 9.13 Å². The number of nitrogen functional groups attached to an aromatic ring is 2.